The van der Waals surface area contributed by atoms with Crippen LogP contribution in [0.2, 0.25) is 4.34 Å². The van der Waals surface area contributed by atoms with Crippen molar-refractivity contribution in [1.82, 2.24) is 4.90 Å². The number of carbonyl (C=O) groups is 2. The number of piperidine rings is 1. The molecule has 0 radical (unpaired) electrons. The van der Waals surface area contributed by atoms with Gasteiger partial charge in [-0.2, -0.15) is 0 Å². The van der Waals surface area contributed by atoms with Crippen LogP contribution in [0.3, 0.4) is 0 Å². The average molecular weight is 314 g/mol. The van der Waals surface area contributed by atoms with Gasteiger partial charge in [0.1, 0.15) is 0 Å². The fourth-order valence-corrected chi connectivity index (χ4v) is 3.72. The van der Waals surface area contributed by atoms with Crippen molar-refractivity contribution >= 4 is 34.6 Å². The smallest absolute Gasteiger partial charge is 0.223 e. The summed E-state index contributed by atoms with van der Waals surface area (Å²) in [6.45, 7) is 2.96. The Bertz CT molecular complexity index is 486. The molecule has 1 aliphatic rings. The summed E-state index contributed by atoms with van der Waals surface area (Å²) in [5.41, 5.74) is 0. The quantitative estimate of drug-likeness (QED) is 0.766. The third-order valence-corrected chi connectivity index (χ3v) is 5.10. The van der Waals surface area contributed by atoms with Crippen LogP contribution < -0.4 is 0 Å². The molecule has 0 aromatic carbocycles. The summed E-state index contributed by atoms with van der Waals surface area (Å²) < 4.78 is 0.613. The molecule has 20 heavy (non-hydrogen) atoms. The number of hydrogen-bond donors (Lipinski definition) is 0. The number of amides is 1. The van der Waals surface area contributed by atoms with Gasteiger partial charge in [0.15, 0.2) is 5.78 Å². The van der Waals surface area contributed by atoms with Crippen molar-refractivity contribution in [2.75, 3.05) is 6.54 Å². The van der Waals surface area contributed by atoms with E-state index >= 15 is 0 Å². The van der Waals surface area contributed by atoms with Gasteiger partial charge in [-0.15, -0.1) is 11.3 Å². The first-order chi connectivity index (χ1) is 9.61. The number of likely N-dealkylation sites (tertiary alicyclic amines) is 1. The van der Waals surface area contributed by atoms with Crippen LogP contribution in [0.15, 0.2) is 12.1 Å². The predicted octanol–water partition coefficient (Wildman–Crippen LogP) is 4.16. The van der Waals surface area contributed by atoms with Gasteiger partial charge >= 0.3 is 0 Å². The van der Waals surface area contributed by atoms with Crippen molar-refractivity contribution in [2.24, 2.45) is 0 Å². The van der Waals surface area contributed by atoms with Crippen LogP contribution in [0.4, 0.5) is 0 Å². The summed E-state index contributed by atoms with van der Waals surface area (Å²) >= 11 is 7.10. The minimum Gasteiger partial charge on any atom is -0.340 e. The van der Waals surface area contributed by atoms with E-state index in [1.165, 1.54) is 17.8 Å². The van der Waals surface area contributed by atoms with Gasteiger partial charge in [-0.3, -0.25) is 9.59 Å². The number of ketones is 1. The van der Waals surface area contributed by atoms with Crippen molar-refractivity contribution < 1.29 is 9.59 Å². The maximum absolute atomic E-state index is 12.3. The van der Waals surface area contributed by atoms with E-state index in [0.29, 0.717) is 21.7 Å². The SMILES string of the molecule is CCC1CCCCN1C(=O)CCC(=O)c1ccc(Cl)s1. The third-order valence-electron chi connectivity index (χ3n) is 3.83. The van der Waals surface area contributed by atoms with Crippen LogP contribution in [-0.4, -0.2) is 29.2 Å². The lowest BCUT2D eigenvalue weighted by atomic mass is 9.99. The zero-order valence-electron chi connectivity index (χ0n) is 11.7. The predicted molar refractivity (Wildman–Crippen MR) is 82.5 cm³/mol. The van der Waals surface area contributed by atoms with Gasteiger partial charge in [-0.05, 0) is 37.8 Å². The fraction of sp³-hybridized carbons (Fsp3) is 0.600. The Morgan fingerprint density at radius 2 is 2.15 bits per heavy atom. The van der Waals surface area contributed by atoms with Gasteiger partial charge in [-0.1, -0.05) is 18.5 Å². The van der Waals surface area contributed by atoms with Crippen molar-refractivity contribution in [1.29, 1.82) is 0 Å². The second-order valence-electron chi connectivity index (χ2n) is 5.17. The van der Waals surface area contributed by atoms with Gasteiger partial charge < -0.3 is 4.90 Å². The molecular weight excluding hydrogens is 294 g/mol. The maximum atomic E-state index is 12.3. The van der Waals surface area contributed by atoms with E-state index in [0.717, 1.165) is 25.8 Å². The zero-order valence-corrected chi connectivity index (χ0v) is 13.3. The number of halogens is 1. The number of carbonyl (C=O) groups excluding carboxylic acids is 2. The molecular formula is C15H20ClNO2S. The Morgan fingerprint density at radius 3 is 2.80 bits per heavy atom. The van der Waals surface area contributed by atoms with E-state index in [2.05, 4.69) is 6.92 Å². The molecule has 0 spiro atoms. The highest BCUT2D eigenvalue weighted by Gasteiger charge is 2.25. The van der Waals surface area contributed by atoms with Crippen molar-refractivity contribution in [3.63, 3.8) is 0 Å². The van der Waals surface area contributed by atoms with Gasteiger partial charge in [-0.25, -0.2) is 0 Å². The minimum absolute atomic E-state index is 0.0142. The summed E-state index contributed by atoms with van der Waals surface area (Å²) in [5.74, 6) is 0.132. The number of thiophene rings is 1. The highest BCUT2D eigenvalue weighted by molar-refractivity contribution is 7.18. The Kier molecular flexibility index (Phi) is 5.61. The first-order valence-corrected chi connectivity index (χ1v) is 8.39. The zero-order chi connectivity index (χ0) is 14.5. The Hall–Kier alpha value is -0.870. The van der Waals surface area contributed by atoms with Crippen molar-refractivity contribution in [2.45, 2.75) is 51.5 Å². The highest BCUT2D eigenvalue weighted by Crippen LogP contribution is 2.24. The third kappa shape index (κ3) is 3.83. The average Bonchev–Trinajstić information content (AvgIpc) is 2.91. The molecule has 0 saturated carbocycles. The molecule has 1 saturated heterocycles. The molecule has 1 unspecified atom stereocenters. The standard InChI is InChI=1S/C15H20ClNO2S/c1-2-11-5-3-4-10-17(11)15(19)9-6-12(18)13-7-8-14(16)20-13/h7-8,11H,2-6,9-10H2,1H3. The number of hydrogen-bond acceptors (Lipinski definition) is 3. The maximum Gasteiger partial charge on any atom is 0.223 e. The first-order valence-electron chi connectivity index (χ1n) is 7.19. The molecule has 1 amide bonds. The summed E-state index contributed by atoms with van der Waals surface area (Å²) in [6, 6.07) is 3.82. The lowest BCUT2D eigenvalue weighted by Crippen LogP contribution is -2.43. The lowest BCUT2D eigenvalue weighted by Gasteiger charge is -2.35. The largest absolute Gasteiger partial charge is 0.340 e. The van der Waals surface area contributed by atoms with Gasteiger partial charge in [0, 0.05) is 25.4 Å². The molecule has 1 aliphatic heterocycles. The molecule has 3 nitrogen and oxygen atoms in total. The van der Waals surface area contributed by atoms with Crippen LogP contribution in [0, 0.1) is 0 Å². The van der Waals surface area contributed by atoms with Gasteiger partial charge in [0.05, 0.1) is 9.21 Å². The van der Waals surface area contributed by atoms with E-state index in [9.17, 15) is 9.59 Å². The van der Waals surface area contributed by atoms with E-state index in [4.69, 9.17) is 11.6 Å². The summed E-state index contributed by atoms with van der Waals surface area (Å²) in [5, 5.41) is 0. The van der Waals surface area contributed by atoms with Crippen LogP contribution in [0.1, 0.15) is 55.1 Å². The Balaban J connectivity index is 1.86. The molecule has 1 atom stereocenters. The molecule has 0 N–H and O–H groups in total. The number of rotatable bonds is 5. The van der Waals surface area contributed by atoms with E-state index in [1.807, 2.05) is 4.90 Å². The monoisotopic (exact) mass is 313 g/mol. The molecule has 110 valence electrons. The second-order valence-corrected chi connectivity index (χ2v) is 6.89. The van der Waals surface area contributed by atoms with E-state index in [-0.39, 0.29) is 18.1 Å². The van der Waals surface area contributed by atoms with Crippen LogP contribution >= 0.6 is 22.9 Å². The fourth-order valence-electron chi connectivity index (χ4n) is 2.70. The number of nitrogens with zero attached hydrogens (tertiary/aromatic N) is 1. The van der Waals surface area contributed by atoms with Crippen LogP contribution in [0.25, 0.3) is 0 Å². The summed E-state index contributed by atoms with van der Waals surface area (Å²) in [7, 11) is 0. The van der Waals surface area contributed by atoms with Crippen LogP contribution in [0.5, 0.6) is 0 Å². The first kappa shape index (κ1) is 15.5. The Morgan fingerprint density at radius 1 is 1.35 bits per heavy atom. The topological polar surface area (TPSA) is 37.4 Å². The van der Waals surface area contributed by atoms with Gasteiger partial charge in [0.2, 0.25) is 5.91 Å². The van der Waals surface area contributed by atoms with Gasteiger partial charge in [0.25, 0.3) is 0 Å². The lowest BCUT2D eigenvalue weighted by molar-refractivity contribution is -0.134. The molecule has 2 heterocycles. The van der Waals surface area contributed by atoms with E-state index in [1.54, 1.807) is 12.1 Å². The molecule has 1 aromatic heterocycles. The minimum atomic E-state index is 0.0142. The molecule has 0 bridgehead atoms. The molecule has 0 aliphatic carbocycles. The summed E-state index contributed by atoms with van der Waals surface area (Å²) in [4.78, 5) is 26.9. The Labute approximate surface area is 128 Å². The molecule has 2 rings (SSSR count). The number of Topliss-reactive ketones (excluding diaryl/α,β-unsaturated/α-hetero) is 1. The molecule has 1 aromatic rings. The normalized spacial score (nSPS) is 19.1. The molecule has 5 heteroatoms. The second kappa shape index (κ2) is 7.23. The summed E-state index contributed by atoms with van der Waals surface area (Å²) in [6.07, 6.45) is 4.97. The highest BCUT2D eigenvalue weighted by atomic mass is 35.5. The van der Waals surface area contributed by atoms with Crippen LogP contribution in [-0.2, 0) is 4.79 Å². The van der Waals surface area contributed by atoms with E-state index < -0.39 is 0 Å². The van der Waals surface area contributed by atoms with Crippen molar-refractivity contribution in [3.05, 3.63) is 21.3 Å². The van der Waals surface area contributed by atoms with Crippen molar-refractivity contribution in [3.8, 4) is 0 Å². The molecule has 1 fully saturated rings.